The summed E-state index contributed by atoms with van der Waals surface area (Å²) < 4.78 is 0. The fourth-order valence-electron chi connectivity index (χ4n) is 4.53. The summed E-state index contributed by atoms with van der Waals surface area (Å²) in [5.74, 6) is 1.51. The lowest BCUT2D eigenvalue weighted by Gasteiger charge is -2.31. The van der Waals surface area contributed by atoms with Gasteiger partial charge in [0.2, 0.25) is 0 Å². The lowest BCUT2D eigenvalue weighted by Crippen LogP contribution is -2.48. The maximum Gasteiger partial charge on any atom is 0.109 e. The minimum Gasteiger partial charge on any atom is -0.303 e. The third-order valence-corrected chi connectivity index (χ3v) is 5.92. The molecule has 1 heterocycles. The van der Waals surface area contributed by atoms with E-state index in [-0.39, 0.29) is 5.54 Å². The molecule has 3 atom stereocenters. The summed E-state index contributed by atoms with van der Waals surface area (Å²) in [6, 6.07) is 3.32. The maximum atomic E-state index is 9.74. The third-order valence-electron chi connectivity index (χ3n) is 5.92. The second-order valence-electron chi connectivity index (χ2n) is 7.62. The van der Waals surface area contributed by atoms with Crippen LogP contribution < -0.4 is 5.32 Å². The molecule has 0 aromatic heterocycles. The lowest BCUT2D eigenvalue weighted by molar-refractivity contribution is 0.243. The number of hydrogen-bond acceptors (Lipinski definition) is 3. The van der Waals surface area contributed by atoms with Crippen LogP contribution in [-0.4, -0.2) is 36.1 Å². The molecule has 118 valence electrons. The second kappa shape index (κ2) is 6.67. The number of nitrogens with zero attached hydrogens (tertiary/aromatic N) is 2. The van der Waals surface area contributed by atoms with Gasteiger partial charge in [-0.15, -0.1) is 0 Å². The van der Waals surface area contributed by atoms with E-state index >= 15 is 0 Å². The van der Waals surface area contributed by atoms with Crippen LogP contribution in [0.15, 0.2) is 0 Å². The summed E-state index contributed by atoms with van der Waals surface area (Å²) in [5.41, 5.74) is -0.191. The van der Waals surface area contributed by atoms with Crippen molar-refractivity contribution in [3.8, 4) is 6.07 Å². The summed E-state index contributed by atoms with van der Waals surface area (Å²) in [4.78, 5) is 2.65. The molecular formula is C18H31N3. The van der Waals surface area contributed by atoms with Crippen LogP contribution in [0.2, 0.25) is 0 Å². The van der Waals surface area contributed by atoms with Crippen LogP contribution in [0, 0.1) is 23.2 Å². The van der Waals surface area contributed by atoms with E-state index in [2.05, 4.69) is 23.2 Å². The van der Waals surface area contributed by atoms with E-state index in [1.54, 1.807) is 0 Å². The van der Waals surface area contributed by atoms with Crippen LogP contribution in [0.3, 0.4) is 0 Å². The molecule has 1 N–H and O–H groups in total. The topological polar surface area (TPSA) is 39.1 Å². The minimum absolute atomic E-state index is 0.191. The van der Waals surface area contributed by atoms with Crippen molar-refractivity contribution in [1.82, 2.24) is 10.2 Å². The van der Waals surface area contributed by atoms with E-state index in [1.807, 2.05) is 0 Å². The predicted octanol–water partition coefficient (Wildman–Crippen LogP) is 3.31. The van der Waals surface area contributed by atoms with Gasteiger partial charge in [-0.2, -0.15) is 5.26 Å². The molecule has 3 aliphatic rings. The average molecular weight is 289 g/mol. The fraction of sp³-hybridized carbons (Fsp3) is 0.944. The van der Waals surface area contributed by atoms with Crippen molar-refractivity contribution >= 4 is 0 Å². The van der Waals surface area contributed by atoms with E-state index in [4.69, 9.17) is 0 Å². The Morgan fingerprint density at radius 3 is 2.81 bits per heavy atom. The molecule has 3 unspecified atom stereocenters. The van der Waals surface area contributed by atoms with Crippen LogP contribution in [0.25, 0.3) is 0 Å². The van der Waals surface area contributed by atoms with Crippen LogP contribution in [0.4, 0.5) is 0 Å². The third kappa shape index (κ3) is 3.60. The molecule has 3 heteroatoms. The average Bonchev–Trinajstić information content (AvgIpc) is 3.03. The molecule has 0 aromatic rings. The molecule has 21 heavy (non-hydrogen) atoms. The van der Waals surface area contributed by atoms with E-state index in [0.29, 0.717) is 12.0 Å². The van der Waals surface area contributed by atoms with Crippen molar-refractivity contribution in [2.75, 3.05) is 19.6 Å². The second-order valence-corrected chi connectivity index (χ2v) is 7.62. The molecule has 2 saturated carbocycles. The lowest BCUT2D eigenvalue weighted by atomic mass is 9.85. The van der Waals surface area contributed by atoms with E-state index in [0.717, 1.165) is 12.3 Å². The Hall–Kier alpha value is -0.590. The standard InChI is InChI=1S/C18H31N3/c1-2-4-15-8-11-21(13-15)12-9-16-5-3-10-18(16,14-19)20-17-6-7-17/h15-17,20H,2-13H2,1H3. The zero-order valence-corrected chi connectivity index (χ0v) is 13.6. The largest absolute Gasteiger partial charge is 0.303 e. The molecule has 1 aliphatic heterocycles. The van der Waals surface area contributed by atoms with E-state index in [9.17, 15) is 5.26 Å². The van der Waals surface area contributed by atoms with Crippen LogP contribution >= 0.6 is 0 Å². The Bertz CT molecular complexity index is 384. The highest BCUT2D eigenvalue weighted by atomic mass is 15.1. The van der Waals surface area contributed by atoms with Gasteiger partial charge in [0.25, 0.3) is 0 Å². The normalized spacial score (nSPS) is 37.0. The Kier molecular flexibility index (Phi) is 4.86. The number of hydrogen-bond donors (Lipinski definition) is 1. The minimum atomic E-state index is -0.191. The quantitative estimate of drug-likeness (QED) is 0.781. The number of nitriles is 1. The number of likely N-dealkylation sites (tertiary alicyclic amines) is 1. The molecule has 0 aromatic carbocycles. The van der Waals surface area contributed by atoms with Gasteiger partial charge in [0.15, 0.2) is 0 Å². The van der Waals surface area contributed by atoms with Crippen LogP contribution in [0.5, 0.6) is 0 Å². The Morgan fingerprint density at radius 1 is 1.24 bits per heavy atom. The van der Waals surface area contributed by atoms with Gasteiger partial charge < -0.3 is 4.90 Å². The fourth-order valence-corrected chi connectivity index (χ4v) is 4.53. The molecular weight excluding hydrogens is 258 g/mol. The van der Waals surface area contributed by atoms with Crippen molar-refractivity contribution in [1.29, 1.82) is 5.26 Å². The highest BCUT2D eigenvalue weighted by Gasteiger charge is 2.45. The first-order chi connectivity index (χ1) is 10.3. The molecule has 0 spiro atoms. The first-order valence-corrected chi connectivity index (χ1v) is 9.17. The Labute approximate surface area is 130 Å². The van der Waals surface area contributed by atoms with Crippen LogP contribution in [-0.2, 0) is 0 Å². The highest BCUT2D eigenvalue weighted by Crippen LogP contribution is 2.40. The van der Waals surface area contributed by atoms with Gasteiger partial charge in [0.05, 0.1) is 6.07 Å². The smallest absolute Gasteiger partial charge is 0.109 e. The summed E-state index contributed by atoms with van der Waals surface area (Å²) >= 11 is 0. The van der Waals surface area contributed by atoms with E-state index in [1.165, 1.54) is 71.0 Å². The van der Waals surface area contributed by atoms with Crippen molar-refractivity contribution in [2.45, 2.75) is 76.3 Å². The first-order valence-electron chi connectivity index (χ1n) is 9.17. The van der Waals surface area contributed by atoms with Gasteiger partial charge in [-0.1, -0.05) is 19.8 Å². The highest BCUT2D eigenvalue weighted by molar-refractivity contribution is 5.16. The van der Waals surface area contributed by atoms with Gasteiger partial charge in [0, 0.05) is 12.6 Å². The zero-order valence-electron chi connectivity index (χ0n) is 13.6. The van der Waals surface area contributed by atoms with Crippen molar-refractivity contribution in [3.05, 3.63) is 0 Å². The molecule has 0 bridgehead atoms. The molecule has 1 saturated heterocycles. The van der Waals surface area contributed by atoms with Crippen LogP contribution in [0.1, 0.15) is 64.7 Å². The van der Waals surface area contributed by atoms with Crippen molar-refractivity contribution in [3.63, 3.8) is 0 Å². The molecule has 3 fully saturated rings. The zero-order chi connectivity index (χ0) is 14.7. The van der Waals surface area contributed by atoms with Gasteiger partial charge in [-0.05, 0) is 69.9 Å². The van der Waals surface area contributed by atoms with E-state index < -0.39 is 0 Å². The summed E-state index contributed by atoms with van der Waals surface area (Å²) in [5, 5.41) is 13.4. The Balaban J connectivity index is 1.49. The van der Waals surface area contributed by atoms with Crippen molar-refractivity contribution < 1.29 is 0 Å². The van der Waals surface area contributed by atoms with Gasteiger partial charge >= 0.3 is 0 Å². The summed E-state index contributed by atoms with van der Waals surface area (Å²) in [6.07, 6.45) is 11.4. The molecule has 3 nitrogen and oxygen atoms in total. The van der Waals surface area contributed by atoms with Gasteiger partial charge in [-0.25, -0.2) is 0 Å². The molecule has 2 aliphatic carbocycles. The SMILES string of the molecule is CCCC1CCN(CCC2CCCC2(C#N)NC2CC2)C1. The molecule has 0 radical (unpaired) electrons. The number of nitrogens with one attached hydrogen (secondary N) is 1. The first kappa shape index (κ1) is 15.3. The van der Waals surface area contributed by atoms with Gasteiger partial charge in [0.1, 0.15) is 5.54 Å². The number of rotatable bonds is 7. The maximum absolute atomic E-state index is 9.74. The Morgan fingerprint density at radius 2 is 2.10 bits per heavy atom. The molecule has 3 rings (SSSR count). The molecule has 0 amide bonds. The monoisotopic (exact) mass is 289 g/mol. The summed E-state index contributed by atoms with van der Waals surface area (Å²) in [6.45, 7) is 6.09. The van der Waals surface area contributed by atoms with Gasteiger partial charge in [-0.3, -0.25) is 5.32 Å². The summed E-state index contributed by atoms with van der Waals surface area (Å²) in [7, 11) is 0. The predicted molar refractivity (Wildman–Crippen MR) is 85.9 cm³/mol. The van der Waals surface area contributed by atoms with Crippen molar-refractivity contribution in [2.24, 2.45) is 11.8 Å².